The average Bonchev–Trinajstić information content (AvgIpc) is 2.95. The first-order valence-corrected chi connectivity index (χ1v) is 15.0. The first-order chi connectivity index (χ1) is 19.1. The van der Waals surface area contributed by atoms with Crippen molar-refractivity contribution in [2.24, 2.45) is 0 Å². The highest BCUT2D eigenvalue weighted by Gasteiger charge is 2.33. The molecule has 0 spiro atoms. The minimum Gasteiger partial charge on any atom is -0.494 e. The zero-order valence-electron chi connectivity index (χ0n) is 23.2. The van der Waals surface area contributed by atoms with Crippen LogP contribution in [-0.4, -0.2) is 50.4 Å². The van der Waals surface area contributed by atoms with Crippen molar-refractivity contribution in [3.05, 3.63) is 89.4 Å². The fourth-order valence-electron chi connectivity index (χ4n) is 3.98. The van der Waals surface area contributed by atoms with E-state index in [1.165, 1.54) is 17.0 Å². The molecule has 2 atom stereocenters. The fourth-order valence-corrected chi connectivity index (χ4v) is 5.59. The molecule has 3 aromatic carbocycles. The van der Waals surface area contributed by atoms with Crippen molar-refractivity contribution in [1.82, 2.24) is 10.2 Å². The molecule has 3 aromatic rings. The third-order valence-corrected chi connectivity index (χ3v) is 8.67. The number of rotatable bonds is 13. The van der Waals surface area contributed by atoms with Crippen molar-refractivity contribution in [2.75, 3.05) is 17.5 Å². The van der Waals surface area contributed by atoms with Crippen LogP contribution in [0.2, 0.25) is 5.02 Å². The number of carbonyl (C=O) groups excluding carboxylic acids is 2. The monoisotopic (exact) mass is 585 g/mol. The molecule has 3 rings (SSSR count). The summed E-state index contributed by atoms with van der Waals surface area (Å²) in [6, 6.07) is 20.5. The van der Waals surface area contributed by atoms with E-state index in [2.05, 4.69) is 5.32 Å². The van der Waals surface area contributed by atoms with Crippen molar-refractivity contribution in [1.29, 1.82) is 0 Å². The third-order valence-electron chi connectivity index (χ3n) is 6.51. The molecular weight excluding hydrogens is 550 g/mol. The minimum atomic E-state index is -4.16. The van der Waals surface area contributed by atoms with E-state index in [9.17, 15) is 18.0 Å². The lowest BCUT2D eigenvalue weighted by Crippen LogP contribution is -2.52. The number of benzene rings is 3. The molecule has 1 N–H and O–H groups in total. The summed E-state index contributed by atoms with van der Waals surface area (Å²) in [4.78, 5) is 28.4. The minimum absolute atomic E-state index is 0.00724. The van der Waals surface area contributed by atoms with Crippen molar-refractivity contribution >= 4 is 39.1 Å². The second-order valence-electron chi connectivity index (χ2n) is 9.36. The highest BCUT2D eigenvalue weighted by Crippen LogP contribution is 2.26. The molecule has 0 aliphatic rings. The molecular formula is C30H36ClN3O5S. The number of carbonyl (C=O) groups is 2. The van der Waals surface area contributed by atoms with Crippen molar-refractivity contribution in [2.45, 2.75) is 57.6 Å². The Morgan fingerprint density at radius 1 is 0.925 bits per heavy atom. The number of amides is 2. The van der Waals surface area contributed by atoms with E-state index in [4.69, 9.17) is 16.3 Å². The lowest BCUT2D eigenvalue weighted by atomic mass is 10.1. The number of hydrogen-bond acceptors (Lipinski definition) is 5. The predicted molar refractivity (Wildman–Crippen MR) is 158 cm³/mol. The standard InChI is InChI=1S/C30H36ClN3O5S/c1-5-22(3)32-30(36)23(4)33(20-24-12-10-11-15-28(24)31)29(35)21-34(25-13-8-7-9-14-25)40(37,38)27-18-16-26(17-19-27)39-6-2/h7-19,22-23H,5-6,20-21H2,1-4H3,(H,32,36)/t22-,23+/m1/s1. The Hall–Kier alpha value is -3.56. The molecule has 10 heteroatoms. The molecule has 0 aliphatic carbocycles. The summed E-state index contributed by atoms with van der Waals surface area (Å²) < 4.78 is 34.3. The number of para-hydroxylation sites is 1. The van der Waals surface area contributed by atoms with Gasteiger partial charge < -0.3 is 15.0 Å². The van der Waals surface area contributed by atoms with Crippen molar-refractivity contribution < 1.29 is 22.7 Å². The summed E-state index contributed by atoms with van der Waals surface area (Å²) in [5.41, 5.74) is 0.959. The molecule has 0 radical (unpaired) electrons. The van der Waals surface area contributed by atoms with E-state index in [1.54, 1.807) is 73.7 Å². The number of hydrogen-bond donors (Lipinski definition) is 1. The van der Waals surface area contributed by atoms with Gasteiger partial charge in [-0.15, -0.1) is 0 Å². The highest BCUT2D eigenvalue weighted by atomic mass is 35.5. The summed E-state index contributed by atoms with van der Waals surface area (Å²) in [6.07, 6.45) is 0.721. The summed E-state index contributed by atoms with van der Waals surface area (Å²) in [7, 11) is -4.16. The van der Waals surface area contributed by atoms with E-state index >= 15 is 0 Å². The normalized spacial score (nSPS) is 12.7. The Kier molecular flexibility index (Phi) is 11.0. The Balaban J connectivity index is 2.00. The van der Waals surface area contributed by atoms with Gasteiger partial charge in [0.2, 0.25) is 11.8 Å². The molecule has 0 fully saturated rings. The Morgan fingerprint density at radius 3 is 2.15 bits per heavy atom. The second-order valence-corrected chi connectivity index (χ2v) is 11.6. The van der Waals surface area contributed by atoms with Crippen molar-refractivity contribution in [3.8, 4) is 5.75 Å². The fraction of sp³-hybridized carbons (Fsp3) is 0.333. The molecule has 0 bridgehead atoms. The molecule has 8 nitrogen and oxygen atoms in total. The molecule has 0 saturated carbocycles. The largest absolute Gasteiger partial charge is 0.494 e. The van der Waals surface area contributed by atoms with E-state index < -0.39 is 28.5 Å². The summed E-state index contributed by atoms with van der Waals surface area (Å²) in [6.45, 7) is 7.24. The molecule has 0 saturated heterocycles. The Labute approximate surface area is 241 Å². The van der Waals surface area contributed by atoms with Gasteiger partial charge in [-0.1, -0.05) is 54.9 Å². The summed E-state index contributed by atoms with van der Waals surface area (Å²) in [5.74, 6) is -0.351. The van der Waals surface area contributed by atoms with Crippen LogP contribution in [0, 0.1) is 0 Å². The van der Waals surface area contributed by atoms with Gasteiger partial charge in [0, 0.05) is 17.6 Å². The van der Waals surface area contributed by atoms with Gasteiger partial charge in [-0.25, -0.2) is 8.42 Å². The van der Waals surface area contributed by atoms with Crippen LogP contribution in [0.4, 0.5) is 5.69 Å². The van der Waals surface area contributed by atoms with Crippen LogP contribution in [0.3, 0.4) is 0 Å². The average molecular weight is 586 g/mol. The maximum Gasteiger partial charge on any atom is 0.264 e. The van der Waals surface area contributed by atoms with Crippen LogP contribution < -0.4 is 14.4 Å². The Morgan fingerprint density at radius 2 is 1.55 bits per heavy atom. The van der Waals surface area contributed by atoms with Gasteiger partial charge >= 0.3 is 0 Å². The zero-order chi connectivity index (χ0) is 29.3. The molecule has 0 unspecified atom stereocenters. The SMILES string of the molecule is CCOc1ccc(S(=O)(=O)N(CC(=O)N(Cc2ccccc2Cl)[C@@H](C)C(=O)N[C@H](C)CC)c2ccccc2)cc1. The van der Waals surface area contributed by atoms with Gasteiger partial charge in [0.25, 0.3) is 10.0 Å². The van der Waals surface area contributed by atoms with Crippen molar-refractivity contribution in [3.63, 3.8) is 0 Å². The molecule has 0 aliphatic heterocycles. The van der Waals surface area contributed by atoms with Gasteiger partial charge in [-0.2, -0.15) is 0 Å². The first-order valence-electron chi connectivity index (χ1n) is 13.2. The van der Waals surface area contributed by atoms with Gasteiger partial charge in [-0.05, 0) is 75.2 Å². The van der Waals surface area contributed by atoms with Gasteiger partial charge in [0.05, 0.1) is 17.2 Å². The lowest BCUT2D eigenvalue weighted by Gasteiger charge is -2.32. The summed E-state index contributed by atoms with van der Waals surface area (Å²) >= 11 is 6.40. The molecule has 40 heavy (non-hydrogen) atoms. The van der Waals surface area contributed by atoms with Crippen LogP contribution in [0.1, 0.15) is 39.7 Å². The molecule has 0 heterocycles. The maximum atomic E-state index is 13.9. The van der Waals surface area contributed by atoms with Crippen LogP contribution in [0.25, 0.3) is 0 Å². The van der Waals surface area contributed by atoms with Crippen LogP contribution in [0.15, 0.2) is 83.8 Å². The third kappa shape index (κ3) is 7.76. The first kappa shape index (κ1) is 31.0. The number of nitrogens with one attached hydrogen (secondary N) is 1. The van der Waals surface area contributed by atoms with Gasteiger partial charge in [0.15, 0.2) is 0 Å². The van der Waals surface area contributed by atoms with Crippen LogP contribution in [0.5, 0.6) is 5.75 Å². The Bertz CT molecular complexity index is 1380. The maximum absolute atomic E-state index is 13.9. The van der Waals surface area contributed by atoms with Crippen LogP contribution in [-0.2, 0) is 26.2 Å². The summed E-state index contributed by atoms with van der Waals surface area (Å²) in [5, 5.41) is 3.35. The van der Waals surface area contributed by atoms with Crippen LogP contribution >= 0.6 is 11.6 Å². The second kappa shape index (κ2) is 14.2. The smallest absolute Gasteiger partial charge is 0.264 e. The van der Waals surface area contributed by atoms with E-state index in [-0.39, 0.29) is 23.4 Å². The number of sulfonamides is 1. The van der Waals surface area contributed by atoms with E-state index in [1.807, 2.05) is 20.8 Å². The van der Waals surface area contributed by atoms with Gasteiger partial charge in [-0.3, -0.25) is 13.9 Å². The zero-order valence-corrected chi connectivity index (χ0v) is 24.8. The number of halogens is 1. The van der Waals surface area contributed by atoms with E-state index in [0.29, 0.717) is 28.6 Å². The molecule has 214 valence electrons. The lowest BCUT2D eigenvalue weighted by molar-refractivity contribution is -0.139. The topological polar surface area (TPSA) is 96.0 Å². The van der Waals surface area contributed by atoms with Gasteiger partial charge in [0.1, 0.15) is 18.3 Å². The highest BCUT2D eigenvalue weighted by molar-refractivity contribution is 7.92. The number of nitrogens with zero attached hydrogens (tertiary/aromatic N) is 2. The predicted octanol–water partition coefficient (Wildman–Crippen LogP) is 5.27. The number of ether oxygens (including phenoxy) is 1. The van der Waals surface area contributed by atoms with E-state index in [0.717, 1.165) is 10.7 Å². The molecule has 2 amide bonds. The quantitative estimate of drug-likeness (QED) is 0.295. The molecule has 0 aromatic heterocycles. The number of anilines is 1.